The molecule has 0 unspecified atom stereocenters. The number of hydrogen-bond donors (Lipinski definition) is 2. The summed E-state index contributed by atoms with van der Waals surface area (Å²) in [4.78, 5) is 24.8. The van der Waals surface area contributed by atoms with Gasteiger partial charge in [-0.25, -0.2) is 4.79 Å². The summed E-state index contributed by atoms with van der Waals surface area (Å²) in [6.45, 7) is 3.90. The van der Waals surface area contributed by atoms with E-state index in [1.165, 1.54) is 4.90 Å². The molecule has 0 radical (unpaired) electrons. The van der Waals surface area contributed by atoms with Crippen LogP contribution in [-0.2, 0) is 9.53 Å². The first-order valence-electron chi connectivity index (χ1n) is 5.82. The van der Waals surface area contributed by atoms with Gasteiger partial charge in [-0.15, -0.1) is 0 Å². The van der Waals surface area contributed by atoms with E-state index in [1.54, 1.807) is 13.8 Å². The molecule has 2 fully saturated rings. The van der Waals surface area contributed by atoms with Crippen molar-refractivity contribution in [3.63, 3.8) is 0 Å². The number of urea groups is 1. The fourth-order valence-corrected chi connectivity index (χ4v) is 2.19. The number of carbonyl (C=O) groups is 2. The zero-order valence-corrected chi connectivity index (χ0v) is 10.1. The topological polar surface area (TPSA) is 78.9 Å². The van der Waals surface area contributed by atoms with Crippen molar-refractivity contribution in [1.82, 2.24) is 10.2 Å². The number of aliphatic hydroxyl groups excluding tert-OH is 1. The second-order valence-corrected chi connectivity index (χ2v) is 5.24. The SMILES string of the molecule is CC1(C)CN([C@H]2CC[C@@H](CO)O2)C(=O)NC1=O. The summed E-state index contributed by atoms with van der Waals surface area (Å²) >= 11 is 0. The van der Waals surface area contributed by atoms with Crippen LogP contribution in [0.25, 0.3) is 0 Å². The van der Waals surface area contributed by atoms with Gasteiger partial charge in [0.15, 0.2) is 0 Å². The number of nitrogens with zero attached hydrogens (tertiary/aromatic N) is 1. The minimum atomic E-state index is -0.603. The summed E-state index contributed by atoms with van der Waals surface area (Å²) in [6.07, 6.45) is 0.899. The average molecular weight is 242 g/mol. The molecule has 2 saturated heterocycles. The van der Waals surface area contributed by atoms with E-state index >= 15 is 0 Å². The summed E-state index contributed by atoms with van der Waals surface area (Å²) in [5, 5.41) is 11.3. The normalized spacial score (nSPS) is 32.8. The van der Waals surface area contributed by atoms with Gasteiger partial charge in [0.25, 0.3) is 0 Å². The fraction of sp³-hybridized carbons (Fsp3) is 0.818. The molecule has 0 bridgehead atoms. The predicted molar refractivity (Wildman–Crippen MR) is 59.0 cm³/mol. The van der Waals surface area contributed by atoms with Gasteiger partial charge in [-0.05, 0) is 26.7 Å². The Hall–Kier alpha value is -1.14. The standard InChI is InChI=1S/C11H18N2O4/c1-11(2)6-13(10(16)12-9(11)15)8-4-3-7(5-14)17-8/h7-8,14H,3-6H2,1-2H3,(H,12,15,16)/t7-,8+/m0/s1. The summed E-state index contributed by atoms with van der Waals surface area (Å²) in [6, 6.07) is -0.405. The van der Waals surface area contributed by atoms with Crippen LogP contribution in [0.5, 0.6) is 0 Å². The molecular weight excluding hydrogens is 224 g/mol. The number of carbonyl (C=O) groups excluding carboxylic acids is 2. The third kappa shape index (κ3) is 2.28. The Balaban J connectivity index is 2.06. The van der Waals surface area contributed by atoms with Crippen molar-refractivity contribution in [1.29, 1.82) is 0 Å². The van der Waals surface area contributed by atoms with E-state index in [4.69, 9.17) is 9.84 Å². The Morgan fingerprint density at radius 3 is 2.76 bits per heavy atom. The Kier molecular flexibility index (Phi) is 3.09. The summed E-state index contributed by atoms with van der Waals surface area (Å²) in [5.41, 5.74) is -0.603. The third-order valence-corrected chi connectivity index (χ3v) is 3.30. The van der Waals surface area contributed by atoms with Crippen LogP contribution in [0.2, 0.25) is 0 Å². The maximum atomic E-state index is 11.7. The molecule has 17 heavy (non-hydrogen) atoms. The predicted octanol–water partition coefficient (Wildman–Crippen LogP) is 0.0618. The number of amides is 3. The lowest BCUT2D eigenvalue weighted by Gasteiger charge is -2.39. The quantitative estimate of drug-likeness (QED) is 0.717. The molecule has 2 N–H and O–H groups in total. The van der Waals surface area contributed by atoms with Gasteiger partial charge in [-0.3, -0.25) is 15.0 Å². The van der Waals surface area contributed by atoms with Gasteiger partial charge in [0.1, 0.15) is 6.23 Å². The third-order valence-electron chi connectivity index (χ3n) is 3.30. The van der Waals surface area contributed by atoms with E-state index < -0.39 is 11.4 Å². The number of aliphatic hydroxyl groups is 1. The van der Waals surface area contributed by atoms with Gasteiger partial charge in [-0.2, -0.15) is 0 Å². The smallest absolute Gasteiger partial charge is 0.326 e. The second kappa shape index (κ2) is 4.27. The van der Waals surface area contributed by atoms with E-state index in [1.807, 2.05) is 0 Å². The van der Waals surface area contributed by atoms with E-state index in [-0.39, 0.29) is 24.8 Å². The Morgan fingerprint density at radius 1 is 1.47 bits per heavy atom. The molecule has 3 amide bonds. The van der Waals surface area contributed by atoms with Crippen LogP contribution in [0.4, 0.5) is 4.79 Å². The first kappa shape index (κ1) is 12.3. The van der Waals surface area contributed by atoms with E-state index in [9.17, 15) is 9.59 Å². The highest BCUT2D eigenvalue weighted by Gasteiger charge is 2.43. The zero-order chi connectivity index (χ0) is 12.6. The molecule has 2 atom stereocenters. The molecule has 2 rings (SSSR count). The van der Waals surface area contributed by atoms with Crippen LogP contribution in [0.1, 0.15) is 26.7 Å². The molecule has 0 aromatic carbocycles. The molecule has 0 aromatic heterocycles. The molecule has 6 heteroatoms. The van der Waals surface area contributed by atoms with Crippen molar-refractivity contribution >= 4 is 11.9 Å². The van der Waals surface area contributed by atoms with Crippen LogP contribution in [-0.4, -0.2) is 47.4 Å². The van der Waals surface area contributed by atoms with Gasteiger partial charge in [0.2, 0.25) is 5.91 Å². The lowest BCUT2D eigenvalue weighted by Crippen LogP contribution is -2.61. The van der Waals surface area contributed by atoms with Crippen LogP contribution < -0.4 is 5.32 Å². The number of imide groups is 1. The summed E-state index contributed by atoms with van der Waals surface area (Å²) < 4.78 is 5.55. The number of hydrogen-bond acceptors (Lipinski definition) is 4. The molecule has 2 aliphatic heterocycles. The van der Waals surface area contributed by atoms with Crippen LogP contribution in [0.15, 0.2) is 0 Å². The van der Waals surface area contributed by atoms with Crippen molar-refractivity contribution in [3.05, 3.63) is 0 Å². The summed E-state index contributed by atoms with van der Waals surface area (Å²) in [5.74, 6) is -0.254. The molecule has 2 aliphatic rings. The van der Waals surface area contributed by atoms with Crippen LogP contribution in [0, 0.1) is 5.41 Å². The minimum Gasteiger partial charge on any atom is -0.394 e. The van der Waals surface area contributed by atoms with Gasteiger partial charge < -0.3 is 9.84 Å². The highest BCUT2D eigenvalue weighted by Crippen LogP contribution is 2.28. The van der Waals surface area contributed by atoms with Gasteiger partial charge >= 0.3 is 6.03 Å². The Bertz CT molecular complexity index is 342. The monoisotopic (exact) mass is 242 g/mol. The molecule has 6 nitrogen and oxygen atoms in total. The maximum absolute atomic E-state index is 11.7. The molecule has 96 valence electrons. The fourth-order valence-electron chi connectivity index (χ4n) is 2.19. The number of ether oxygens (including phenoxy) is 1. The first-order chi connectivity index (χ1) is 7.94. The molecule has 0 aliphatic carbocycles. The van der Waals surface area contributed by atoms with Crippen molar-refractivity contribution < 1.29 is 19.4 Å². The lowest BCUT2D eigenvalue weighted by molar-refractivity contribution is -0.135. The van der Waals surface area contributed by atoms with Gasteiger partial charge in [-0.1, -0.05) is 0 Å². The number of nitrogens with one attached hydrogen (secondary N) is 1. The van der Waals surface area contributed by atoms with Crippen molar-refractivity contribution in [3.8, 4) is 0 Å². The van der Waals surface area contributed by atoms with E-state index in [0.717, 1.165) is 6.42 Å². The lowest BCUT2D eigenvalue weighted by atomic mass is 9.90. The highest BCUT2D eigenvalue weighted by atomic mass is 16.5. The average Bonchev–Trinajstić information content (AvgIpc) is 2.72. The minimum absolute atomic E-state index is 0.0334. The first-order valence-corrected chi connectivity index (χ1v) is 5.82. The number of rotatable bonds is 2. The Labute approximate surface area is 99.9 Å². The van der Waals surface area contributed by atoms with Crippen molar-refractivity contribution in [2.24, 2.45) is 5.41 Å². The molecule has 0 aromatic rings. The Morgan fingerprint density at radius 2 is 2.18 bits per heavy atom. The molecule has 2 heterocycles. The van der Waals surface area contributed by atoms with E-state index in [2.05, 4.69) is 5.32 Å². The molecular formula is C11H18N2O4. The molecule has 0 saturated carbocycles. The maximum Gasteiger partial charge on any atom is 0.326 e. The van der Waals surface area contributed by atoms with Crippen LogP contribution in [0.3, 0.4) is 0 Å². The zero-order valence-electron chi connectivity index (χ0n) is 10.1. The van der Waals surface area contributed by atoms with Crippen molar-refractivity contribution in [2.75, 3.05) is 13.2 Å². The van der Waals surface area contributed by atoms with E-state index in [0.29, 0.717) is 13.0 Å². The largest absolute Gasteiger partial charge is 0.394 e. The second-order valence-electron chi connectivity index (χ2n) is 5.24. The van der Waals surface area contributed by atoms with Crippen LogP contribution >= 0.6 is 0 Å². The molecule has 0 spiro atoms. The summed E-state index contributed by atoms with van der Waals surface area (Å²) in [7, 11) is 0. The van der Waals surface area contributed by atoms with Gasteiger partial charge in [0.05, 0.1) is 18.1 Å². The van der Waals surface area contributed by atoms with Gasteiger partial charge in [0, 0.05) is 6.54 Å². The van der Waals surface area contributed by atoms with Crippen molar-refractivity contribution in [2.45, 2.75) is 39.0 Å². The highest BCUT2D eigenvalue weighted by molar-refractivity contribution is 5.99.